The minimum Gasteiger partial charge on any atom is -0.542 e. The topological polar surface area (TPSA) is 9.23 Å². The Labute approximate surface area is 132 Å². The minimum absolute atomic E-state index is 0.0813. The molecule has 0 aliphatic carbocycles. The first kappa shape index (κ1) is 15.6. The zero-order chi connectivity index (χ0) is 15.1. The highest BCUT2D eigenvalue weighted by atomic mass is 79.9. The summed E-state index contributed by atoms with van der Waals surface area (Å²) in [7, 11) is -0.775. The Morgan fingerprint density at radius 3 is 2.30 bits per heavy atom. The van der Waals surface area contributed by atoms with Gasteiger partial charge in [0.15, 0.2) is 0 Å². The van der Waals surface area contributed by atoms with Crippen LogP contribution in [-0.2, 0) is 5.41 Å². The van der Waals surface area contributed by atoms with Gasteiger partial charge in [0, 0.05) is 10.0 Å². The van der Waals surface area contributed by atoms with E-state index >= 15 is 0 Å². The van der Waals surface area contributed by atoms with Crippen molar-refractivity contribution in [3.8, 4) is 5.75 Å². The third-order valence-corrected chi connectivity index (χ3v) is 4.51. The molecule has 0 saturated carbocycles. The third kappa shape index (κ3) is 3.09. The molecule has 0 spiro atoms. The smallest absolute Gasteiger partial charge is 0.274 e. The van der Waals surface area contributed by atoms with Gasteiger partial charge in [-0.3, -0.25) is 0 Å². The van der Waals surface area contributed by atoms with Crippen LogP contribution >= 0.6 is 15.9 Å². The van der Waals surface area contributed by atoms with Gasteiger partial charge in [-0.2, -0.15) is 0 Å². The van der Waals surface area contributed by atoms with Gasteiger partial charge < -0.3 is 4.43 Å². The van der Waals surface area contributed by atoms with Crippen LogP contribution in [0.5, 0.6) is 5.75 Å². The van der Waals surface area contributed by atoms with Crippen molar-refractivity contribution in [2.45, 2.75) is 46.2 Å². The van der Waals surface area contributed by atoms with Crippen LogP contribution in [0.25, 0.3) is 10.8 Å². The average molecular weight is 350 g/mol. The molecule has 107 valence electrons. The van der Waals surface area contributed by atoms with Crippen LogP contribution in [0.15, 0.2) is 28.7 Å². The second kappa shape index (κ2) is 5.53. The Morgan fingerprint density at radius 1 is 1.10 bits per heavy atom. The molecule has 1 nitrogen and oxygen atoms in total. The normalized spacial score (nSPS) is 12.2. The highest BCUT2D eigenvalue weighted by Crippen LogP contribution is 2.39. The summed E-state index contributed by atoms with van der Waals surface area (Å²) in [6, 6.07) is 8.67. The van der Waals surface area contributed by atoms with Crippen molar-refractivity contribution in [3.05, 3.63) is 39.9 Å². The van der Waals surface area contributed by atoms with Gasteiger partial charge in [-0.25, -0.2) is 0 Å². The highest BCUT2D eigenvalue weighted by molar-refractivity contribution is 9.10. The van der Waals surface area contributed by atoms with E-state index in [1.807, 2.05) is 0 Å². The van der Waals surface area contributed by atoms with Gasteiger partial charge in [-0.15, -0.1) is 0 Å². The van der Waals surface area contributed by atoms with E-state index in [-0.39, 0.29) is 5.41 Å². The van der Waals surface area contributed by atoms with E-state index in [4.69, 9.17) is 4.43 Å². The lowest BCUT2D eigenvalue weighted by Crippen LogP contribution is -2.19. The van der Waals surface area contributed by atoms with Crippen molar-refractivity contribution >= 4 is 35.7 Å². The minimum atomic E-state index is -0.775. The zero-order valence-corrected chi connectivity index (χ0v) is 15.7. The molecule has 0 saturated heterocycles. The summed E-state index contributed by atoms with van der Waals surface area (Å²) in [5, 5.41) is 2.55. The quantitative estimate of drug-likeness (QED) is 0.619. The molecule has 2 rings (SSSR count). The number of halogens is 1. The van der Waals surface area contributed by atoms with Gasteiger partial charge in [0.2, 0.25) is 0 Å². The molecular weight excluding hydrogens is 328 g/mol. The summed E-state index contributed by atoms with van der Waals surface area (Å²) in [6.45, 7) is 13.3. The molecule has 0 unspecified atom stereocenters. The van der Waals surface area contributed by atoms with Crippen molar-refractivity contribution < 1.29 is 4.43 Å². The van der Waals surface area contributed by atoms with E-state index in [2.05, 4.69) is 81.0 Å². The monoisotopic (exact) mass is 349 g/mol. The molecule has 20 heavy (non-hydrogen) atoms. The second-order valence-corrected chi connectivity index (χ2v) is 9.44. The van der Waals surface area contributed by atoms with Crippen LogP contribution in [0, 0.1) is 6.92 Å². The molecule has 0 N–H and O–H groups in total. The molecule has 0 amide bonds. The molecule has 3 heteroatoms. The Bertz CT molecular complexity index is 641. The number of hydrogen-bond donors (Lipinski definition) is 0. The van der Waals surface area contributed by atoms with Gasteiger partial charge >= 0.3 is 0 Å². The Hall–Kier alpha value is -0.803. The number of hydrogen-bond acceptors (Lipinski definition) is 1. The summed E-state index contributed by atoms with van der Waals surface area (Å²) in [4.78, 5) is 0. The van der Waals surface area contributed by atoms with Crippen molar-refractivity contribution in [3.63, 3.8) is 0 Å². The Kier molecular flexibility index (Phi) is 4.31. The lowest BCUT2D eigenvalue weighted by atomic mass is 9.81. The van der Waals surface area contributed by atoms with Crippen molar-refractivity contribution in [2.24, 2.45) is 0 Å². The van der Waals surface area contributed by atoms with E-state index in [0.29, 0.717) is 0 Å². The van der Waals surface area contributed by atoms with E-state index < -0.39 is 9.04 Å². The van der Waals surface area contributed by atoms with Crippen LogP contribution in [0.3, 0.4) is 0 Å². The zero-order valence-electron chi connectivity index (χ0n) is 13.1. The number of aryl methyl sites for hydroxylation is 1. The molecule has 0 aliphatic rings. The van der Waals surface area contributed by atoms with Crippen molar-refractivity contribution in [1.82, 2.24) is 0 Å². The van der Waals surface area contributed by atoms with Crippen LogP contribution in [0.4, 0.5) is 0 Å². The van der Waals surface area contributed by atoms with Gasteiger partial charge in [0.1, 0.15) is 5.75 Å². The highest BCUT2D eigenvalue weighted by Gasteiger charge is 2.23. The van der Waals surface area contributed by atoms with Crippen LogP contribution in [0.1, 0.15) is 31.9 Å². The summed E-state index contributed by atoms with van der Waals surface area (Å²) >= 11 is 3.56. The molecule has 0 atom stereocenters. The standard InChI is InChI=1S/C17H22BrOSi/c1-11-14-8-7-13(18)9-12(14)10-15(19-20(5)6)16(11)17(2,3)4/h7-10H,1-6H3. The van der Waals surface area contributed by atoms with Gasteiger partial charge in [0.05, 0.1) is 0 Å². The fraction of sp³-hybridized carbons (Fsp3) is 0.412. The van der Waals surface area contributed by atoms with Crippen LogP contribution in [-0.4, -0.2) is 9.04 Å². The largest absolute Gasteiger partial charge is 0.542 e. The first-order valence-electron chi connectivity index (χ1n) is 6.91. The van der Waals surface area contributed by atoms with E-state index in [1.54, 1.807) is 0 Å². The SMILES string of the molecule is Cc1c(C(C)(C)C)c(O[Si](C)C)cc2cc(Br)ccc12. The van der Waals surface area contributed by atoms with Gasteiger partial charge in [-0.05, 0) is 60.0 Å². The molecule has 1 radical (unpaired) electrons. The summed E-state index contributed by atoms with van der Waals surface area (Å²) < 4.78 is 7.30. The molecule has 0 aromatic heterocycles. The maximum atomic E-state index is 6.19. The van der Waals surface area contributed by atoms with Crippen LogP contribution < -0.4 is 4.43 Å². The first-order chi connectivity index (χ1) is 9.20. The lowest BCUT2D eigenvalue weighted by Gasteiger charge is -2.27. The third-order valence-electron chi connectivity index (χ3n) is 3.39. The molecule has 2 aromatic carbocycles. The molecular formula is C17H22BrOSi. The summed E-state index contributed by atoms with van der Waals surface area (Å²) in [5.41, 5.74) is 2.75. The summed E-state index contributed by atoms with van der Waals surface area (Å²) in [6.07, 6.45) is 0. The molecule has 0 fully saturated rings. The second-order valence-electron chi connectivity index (χ2n) is 6.50. The van der Waals surface area contributed by atoms with E-state index in [1.165, 1.54) is 21.9 Å². The van der Waals surface area contributed by atoms with Crippen LogP contribution in [0.2, 0.25) is 13.1 Å². The van der Waals surface area contributed by atoms with E-state index in [0.717, 1.165) is 10.2 Å². The maximum Gasteiger partial charge on any atom is 0.274 e. The predicted octanol–water partition coefficient (Wildman–Crippen LogP) is 5.84. The van der Waals surface area contributed by atoms with Gasteiger partial charge in [-0.1, -0.05) is 42.8 Å². The molecule has 2 aromatic rings. The maximum absolute atomic E-state index is 6.19. The number of benzene rings is 2. The molecule has 0 aliphatic heterocycles. The Morgan fingerprint density at radius 2 is 1.75 bits per heavy atom. The van der Waals surface area contributed by atoms with E-state index in [9.17, 15) is 0 Å². The Balaban J connectivity index is 2.79. The molecule has 0 bridgehead atoms. The first-order valence-corrected chi connectivity index (χ1v) is 10.1. The van der Waals surface area contributed by atoms with Gasteiger partial charge in [0.25, 0.3) is 9.04 Å². The van der Waals surface area contributed by atoms with Crippen molar-refractivity contribution in [2.75, 3.05) is 0 Å². The number of fused-ring (bicyclic) bond motifs is 1. The lowest BCUT2D eigenvalue weighted by molar-refractivity contribution is 0.519. The summed E-state index contributed by atoms with van der Waals surface area (Å²) in [5.74, 6) is 1.06. The number of rotatable bonds is 2. The van der Waals surface area contributed by atoms with Crippen molar-refractivity contribution in [1.29, 1.82) is 0 Å². The fourth-order valence-corrected chi connectivity index (χ4v) is 3.74. The predicted molar refractivity (Wildman–Crippen MR) is 93.2 cm³/mol. The average Bonchev–Trinajstić information content (AvgIpc) is 2.25. The molecule has 0 heterocycles. The fourth-order valence-electron chi connectivity index (χ4n) is 2.76.